The van der Waals surface area contributed by atoms with Crippen molar-refractivity contribution in [3.8, 4) is 11.5 Å². The minimum absolute atomic E-state index is 0.0248. The van der Waals surface area contributed by atoms with Gasteiger partial charge in [0, 0.05) is 61.4 Å². The van der Waals surface area contributed by atoms with Crippen LogP contribution in [0.2, 0.25) is 0 Å². The van der Waals surface area contributed by atoms with Crippen LogP contribution in [0.1, 0.15) is 29.6 Å². The Morgan fingerprint density at radius 3 is 2.73 bits per heavy atom. The van der Waals surface area contributed by atoms with Gasteiger partial charge >= 0.3 is 0 Å². The predicted molar refractivity (Wildman–Crippen MR) is 156 cm³/mol. The Hall–Kier alpha value is -3.51. The van der Waals surface area contributed by atoms with E-state index < -0.39 is 0 Å². The maximum atomic E-state index is 13.4. The van der Waals surface area contributed by atoms with Gasteiger partial charge in [-0.05, 0) is 49.6 Å². The highest BCUT2D eigenvalue weighted by Gasteiger charge is 2.32. The van der Waals surface area contributed by atoms with Gasteiger partial charge in [-0.1, -0.05) is 12.1 Å². The Balaban J connectivity index is 1.27. The molecule has 0 aliphatic carbocycles. The molecule has 1 atom stereocenters. The van der Waals surface area contributed by atoms with E-state index in [0.29, 0.717) is 48.1 Å². The molecule has 0 aromatic heterocycles. The van der Waals surface area contributed by atoms with Crippen LogP contribution in [0.25, 0.3) is 10.8 Å². The number of nitrogens with one attached hydrogen (secondary N) is 1. The minimum Gasteiger partial charge on any atom is -0.493 e. The summed E-state index contributed by atoms with van der Waals surface area (Å²) in [6.07, 6.45) is 2.31. The van der Waals surface area contributed by atoms with E-state index in [2.05, 4.69) is 5.32 Å². The number of anilines is 3. The van der Waals surface area contributed by atoms with Gasteiger partial charge in [0.25, 0.3) is 5.91 Å². The van der Waals surface area contributed by atoms with Gasteiger partial charge in [-0.3, -0.25) is 14.8 Å². The maximum Gasteiger partial charge on any atom is 0.258 e. The molecule has 2 N–H and O–H groups in total. The van der Waals surface area contributed by atoms with Crippen molar-refractivity contribution in [1.29, 1.82) is 0 Å². The van der Waals surface area contributed by atoms with Crippen molar-refractivity contribution in [2.24, 2.45) is 5.92 Å². The molecule has 3 aromatic rings. The zero-order valence-corrected chi connectivity index (χ0v) is 23.7. The number of piperidine rings is 1. The normalized spacial score (nSPS) is 16.9. The number of rotatable bonds is 11. The van der Waals surface area contributed by atoms with Gasteiger partial charge < -0.3 is 24.4 Å². The number of hydrogen-bond acceptors (Lipinski definition) is 9. The maximum absolute atomic E-state index is 13.4. The predicted octanol–water partition coefficient (Wildman–Crippen LogP) is 4.96. The molecule has 3 aromatic carbocycles. The number of amides is 2. The molecule has 5 rings (SSSR count). The van der Waals surface area contributed by atoms with Gasteiger partial charge in [0.15, 0.2) is 11.5 Å². The second kappa shape index (κ2) is 12.3. The first kappa shape index (κ1) is 28.0. The summed E-state index contributed by atoms with van der Waals surface area (Å²) in [6.45, 7) is 2.37. The van der Waals surface area contributed by atoms with Crippen LogP contribution >= 0.6 is 12.1 Å². The molecule has 11 heteroatoms. The average molecular weight is 567 g/mol. The van der Waals surface area contributed by atoms with E-state index in [-0.39, 0.29) is 17.7 Å². The topological polar surface area (TPSA) is 104 Å². The van der Waals surface area contributed by atoms with E-state index in [1.54, 1.807) is 44.4 Å². The zero-order valence-electron chi connectivity index (χ0n) is 22.9. The summed E-state index contributed by atoms with van der Waals surface area (Å²) in [5, 5.41) is 15.6. The Bertz CT molecular complexity index is 1400. The number of carbonyl (C=O) groups is 2. The molecule has 2 aliphatic heterocycles. The summed E-state index contributed by atoms with van der Waals surface area (Å²) < 4.78 is 18.8. The van der Waals surface area contributed by atoms with Crippen molar-refractivity contribution in [2.45, 2.75) is 19.3 Å². The minimum atomic E-state index is -0.254. The van der Waals surface area contributed by atoms with Crippen LogP contribution in [0.4, 0.5) is 17.1 Å². The standard InChI is InChI=1S/C29H34N4O6S/c1-37-16-6-15-32-24-12-11-23(21-8-4-9-22(27(21)24)29(32)35)30-28(34)19-7-5-14-31(18-19)40-33(36)20-10-13-25(38-2)26(17-20)39-3/h4,8-13,17,19,36H,5-7,14-16,18H2,1-3H3,(H,30,34). The fourth-order valence-electron chi connectivity index (χ4n) is 5.31. The Morgan fingerprint density at radius 2 is 1.95 bits per heavy atom. The van der Waals surface area contributed by atoms with Crippen LogP contribution in [0.15, 0.2) is 48.5 Å². The van der Waals surface area contributed by atoms with Crippen molar-refractivity contribution in [3.63, 3.8) is 0 Å². The van der Waals surface area contributed by atoms with Gasteiger partial charge in [-0.15, -0.1) is 0 Å². The molecule has 0 radical (unpaired) electrons. The summed E-state index contributed by atoms with van der Waals surface area (Å²) in [4.78, 5) is 28.3. The van der Waals surface area contributed by atoms with Gasteiger partial charge in [0.1, 0.15) is 0 Å². The smallest absolute Gasteiger partial charge is 0.258 e. The van der Waals surface area contributed by atoms with Gasteiger partial charge in [-0.25, -0.2) is 4.31 Å². The number of nitrogens with zero attached hydrogens (tertiary/aromatic N) is 3. The molecule has 40 heavy (non-hydrogen) atoms. The molecule has 1 fully saturated rings. The molecule has 2 amide bonds. The number of benzene rings is 3. The molecule has 1 unspecified atom stereocenters. The van der Waals surface area contributed by atoms with Crippen LogP contribution in [0.3, 0.4) is 0 Å². The van der Waals surface area contributed by atoms with Crippen molar-refractivity contribution < 1.29 is 29.0 Å². The molecule has 2 aliphatic rings. The molecule has 10 nitrogen and oxygen atoms in total. The molecule has 2 heterocycles. The molecule has 0 bridgehead atoms. The highest BCUT2D eigenvalue weighted by molar-refractivity contribution is 7.98. The van der Waals surface area contributed by atoms with Gasteiger partial charge in [0.2, 0.25) is 5.91 Å². The fourth-order valence-corrected chi connectivity index (χ4v) is 6.19. The first-order chi connectivity index (χ1) is 19.4. The van der Waals surface area contributed by atoms with E-state index in [0.717, 1.165) is 58.9 Å². The molecular weight excluding hydrogens is 532 g/mol. The van der Waals surface area contributed by atoms with Crippen LogP contribution in [0.5, 0.6) is 11.5 Å². The second-order valence-corrected chi connectivity index (χ2v) is 10.8. The first-order valence-electron chi connectivity index (χ1n) is 13.3. The number of ether oxygens (including phenoxy) is 3. The zero-order chi connectivity index (χ0) is 28.2. The number of carbonyl (C=O) groups excluding carboxylic acids is 2. The summed E-state index contributed by atoms with van der Waals surface area (Å²) in [7, 11) is 4.76. The van der Waals surface area contributed by atoms with Crippen molar-refractivity contribution >= 4 is 51.8 Å². The SMILES string of the molecule is COCCCN1C(=O)c2cccc3c(NC(=O)C4CCCN(SN(O)c5ccc(OC)c(OC)c5)C4)ccc1c23. The molecule has 212 valence electrons. The lowest BCUT2D eigenvalue weighted by Crippen LogP contribution is -2.39. The van der Waals surface area contributed by atoms with Crippen molar-refractivity contribution in [2.75, 3.05) is 62.3 Å². The van der Waals surface area contributed by atoms with E-state index in [1.165, 1.54) is 0 Å². The van der Waals surface area contributed by atoms with E-state index in [1.807, 2.05) is 34.6 Å². The summed E-state index contributed by atoms with van der Waals surface area (Å²) in [5.74, 6) is 0.729. The average Bonchev–Trinajstić information content (AvgIpc) is 3.25. The van der Waals surface area contributed by atoms with E-state index >= 15 is 0 Å². The highest BCUT2D eigenvalue weighted by atomic mass is 32.2. The van der Waals surface area contributed by atoms with Crippen LogP contribution in [-0.2, 0) is 9.53 Å². The van der Waals surface area contributed by atoms with E-state index in [9.17, 15) is 14.8 Å². The lowest BCUT2D eigenvalue weighted by atomic mass is 9.98. The van der Waals surface area contributed by atoms with Crippen LogP contribution in [0, 0.1) is 5.92 Å². The van der Waals surface area contributed by atoms with Crippen molar-refractivity contribution in [3.05, 3.63) is 54.1 Å². The summed E-state index contributed by atoms with van der Waals surface area (Å²) in [5.41, 5.74) is 2.74. The molecule has 0 saturated carbocycles. The second-order valence-electron chi connectivity index (χ2n) is 9.77. The molecule has 0 spiro atoms. The summed E-state index contributed by atoms with van der Waals surface area (Å²) >= 11 is 1.15. The highest BCUT2D eigenvalue weighted by Crippen LogP contribution is 2.41. The lowest BCUT2D eigenvalue weighted by molar-refractivity contribution is -0.120. The first-order valence-corrected chi connectivity index (χ1v) is 14.0. The quantitative estimate of drug-likeness (QED) is 0.189. The largest absolute Gasteiger partial charge is 0.493 e. The lowest BCUT2D eigenvalue weighted by Gasteiger charge is -2.32. The third kappa shape index (κ3) is 5.55. The van der Waals surface area contributed by atoms with E-state index in [4.69, 9.17) is 14.2 Å². The third-order valence-electron chi connectivity index (χ3n) is 7.31. The monoisotopic (exact) mass is 566 g/mol. The van der Waals surface area contributed by atoms with Gasteiger partial charge in [-0.2, -0.15) is 4.47 Å². The molecular formula is C29H34N4O6S. The number of methoxy groups -OCH3 is 3. The fraction of sp³-hybridized carbons (Fsp3) is 0.379. The molecule has 1 saturated heterocycles. The summed E-state index contributed by atoms with van der Waals surface area (Å²) in [6, 6.07) is 14.6. The van der Waals surface area contributed by atoms with Gasteiger partial charge in [0.05, 0.1) is 43.6 Å². The van der Waals surface area contributed by atoms with Crippen LogP contribution < -0.4 is 24.2 Å². The number of hydrogen-bond donors (Lipinski definition) is 2. The Labute approximate surface area is 238 Å². The van der Waals surface area contributed by atoms with Crippen LogP contribution in [-0.4, -0.2) is 68.9 Å². The van der Waals surface area contributed by atoms with Crippen molar-refractivity contribution in [1.82, 2.24) is 4.31 Å². The third-order valence-corrected chi connectivity index (χ3v) is 8.24. The Morgan fingerprint density at radius 1 is 1.12 bits per heavy atom. The Kier molecular flexibility index (Phi) is 8.65.